The molecule has 0 fully saturated rings. The summed E-state index contributed by atoms with van der Waals surface area (Å²) in [5.74, 6) is 0.726. The second kappa shape index (κ2) is 5.04. The van der Waals surface area contributed by atoms with Crippen molar-refractivity contribution >= 4 is 29.0 Å². The molecule has 1 aromatic rings. The van der Waals surface area contributed by atoms with E-state index in [1.807, 2.05) is 30.3 Å². The normalized spacial score (nSPS) is 9.38. The highest BCUT2D eigenvalue weighted by Crippen LogP contribution is 2.09. The molecule has 1 rings (SSSR count). The van der Waals surface area contributed by atoms with E-state index in [0.29, 0.717) is 11.2 Å². The van der Waals surface area contributed by atoms with E-state index < -0.39 is 0 Å². The van der Waals surface area contributed by atoms with Crippen molar-refractivity contribution in [2.24, 2.45) is 0 Å². The highest BCUT2D eigenvalue weighted by atomic mass is 35.5. The lowest BCUT2D eigenvalue weighted by molar-refractivity contribution is 0.439. The van der Waals surface area contributed by atoms with Crippen molar-refractivity contribution in [3.63, 3.8) is 0 Å². The highest BCUT2D eigenvalue weighted by molar-refractivity contribution is 7.80. The Kier molecular flexibility index (Phi) is 3.99. The van der Waals surface area contributed by atoms with Crippen LogP contribution in [-0.2, 0) is 0 Å². The standard InChI is InChI=1S/C9H10ClNOS/c1-11(7-10)9(13)12-8-5-3-2-4-6-8/h2-6H,7H2,1H3. The Morgan fingerprint density at radius 3 is 2.62 bits per heavy atom. The fourth-order valence-electron chi connectivity index (χ4n) is 0.716. The number of thiocarbonyl (C=S) groups is 1. The molecule has 0 aliphatic rings. The van der Waals surface area contributed by atoms with Crippen LogP contribution in [0.25, 0.3) is 0 Å². The monoisotopic (exact) mass is 215 g/mol. The summed E-state index contributed by atoms with van der Waals surface area (Å²) in [4.78, 5) is 1.64. The van der Waals surface area contributed by atoms with Gasteiger partial charge in [0, 0.05) is 7.05 Å². The molecule has 4 heteroatoms. The molecule has 0 aromatic heterocycles. The van der Waals surface area contributed by atoms with E-state index in [0.717, 1.165) is 5.75 Å². The molecule has 0 heterocycles. The number of rotatable bonds is 2. The second-order valence-corrected chi connectivity index (χ2v) is 3.09. The average molecular weight is 216 g/mol. The van der Waals surface area contributed by atoms with Gasteiger partial charge in [-0.2, -0.15) is 0 Å². The Morgan fingerprint density at radius 2 is 2.08 bits per heavy atom. The maximum absolute atomic E-state index is 5.57. The Labute approximate surface area is 88.1 Å². The molecule has 0 saturated heterocycles. The molecule has 0 bridgehead atoms. The van der Waals surface area contributed by atoms with Gasteiger partial charge in [0.25, 0.3) is 5.17 Å². The summed E-state index contributed by atoms with van der Waals surface area (Å²) < 4.78 is 5.34. The van der Waals surface area contributed by atoms with Crippen molar-refractivity contribution < 1.29 is 4.74 Å². The van der Waals surface area contributed by atoms with Gasteiger partial charge in [-0.05, 0) is 24.4 Å². The van der Waals surface area contributed by atoms with Crippen LogP contribution in [-0.4, -0.2) is 23.1 Å². The number of hydrogen-bond donors (Lipinski definition) is 0. The quantitative estimate of drug-likeness (QED) is 0.427. The summed E-state index contributed by atoms with van der Waals surface area (Å²) in [6.45, 7) is 0. The van der Waals surface area contributed by atoms with Crippen molar-refractivity contribution in [3.8, 4) is 5.75 Å². The van der Waals surface area contributed by atoms with Crippen molar-refractivity contribution in [1.29, 1.82) is 0 Å². The fourth-order valence-corrected chi connectivity index (χ4v) is 1.06. The predicted molar refractivity (Wildman–Crippen MR) is 58.2 cm³/mol. The lowest BCUT2D eigenvalue weighted by atomic mass is 10.3. The van der Waals surface area contributed by atoms with E-state index in [1.165, 1.54) is 0 Å². The molecule has 0 N–H and O–H groups in total. The van der Waals surface area contributed by atoms with Crippen LogP contribution in [0.1, 0.15) is 0 Å². The number of benzene rings is 1. The Balaban J connectivity index is 2.55. The number of alkyl halides is 1. The first-order chi connectivity index (χ1) is 6.24. The molecule has 0 aliphatic heterocycles. The van der Waals surface area contributed by atoms with Gasteiger partial charge in [-0.25, -0.2) is 0 Å². The smallest absolute Gasteiger partial charge is 0.265 e. The van der Waals surface area contributed by atoms with E-state index in [-0.39, 0.29) is 0 Å². The third kappa shape index (κ3) is 3.20. The van der Waals surface area contributed by atoms with Gasteiger partial charge >= 0.3 is 0 Å². The van der Waals surface area contributed by atoms with Crippen molar-refractivity contribution in [2.75, 3.05) is 13.1 Å². The van der Waals surface area contributed by atoms with Crippen LogP contribution in [0.3, 0.4) is 0 Å². The molecule has 0 saturated carbocycles. The minimum absolute atomic E-state index is 0.325. The third-order valence-corrected chi connectivity index (χ3v) is 2.19. The molecular formula is C9H10ClNOS. The van der Waals surface area contributed by atoms with Gasteiger partial charge in [0.05, 0.1) is 6.00 Å². The summed E-state index contributed by atoms with van der Waals surface area (Å²) in [6.07, 6.45) is 0. The number of nitrogens with zero attached hydrogens (tertiary/aromatic N) is 1. The van der Waals surface area contributed by atoms with Crippen LogP contribution in [0.15, 0.2) is 30.3 Å². The molecule has 13 heavy (non-hydrogen) atoms. The SMILES string of the molecule is CN(CCl)C(=S)Oc1ccccc1. The van der Waals surface area contributed by atoms with Crippen molar-refractivity contribution in [1.82, 2.24) is 4.90 Å². The number of hydrogen-bond acceptors (Lipinski definition) is 2. The number of para-hydroxylation sites is 1. The molecule has 0 amide bonds. The van der Waals surface area contributed by atoms with Gasteiger partial charge in [0.15, 0.2) is 0 Å². The number of halogens is 1. The lowest BCUT2D eigenvalue weighted by Gasteiger charge is -2.16. The van der Waals surface area contributed by atoms with Gasteiger partial charge < -0.3 is 9.64 Å². The Morgan fingerprint density at radius 1 is 1.46 bits per heavy atom. The summed E-state index contributed by atoms with van der Waals surface area (Å²) in [5.41, 5.74) is 0. The van der Waals surface area contributed by atoms with E-state index in [4.69, 9.17) is 28.6 Å². The van der Waals surface area contributed by atoms with Crippen molar-refractivity contribution in [3.05, 3.63) is 30.3 Å². The van der Waals surface area contributed by atoms with E-state index in [1.54, 1.807) is 11.9 Å². The molecule has 0 spiro atoms. The van der Waals surface area contributed by atoms with Gasteiger partial charge in [-0.15, -0.1) is 11.6 Å². The molecule has 0 unspecified atom stereocenters. The summed E-state index contributed by atoms with van der Waals surface area (Å²) in [5, 5.41) is 0.376. The van der Waals surface area contributed by atoms with Crippen LogP contribution in [0, 0.1) is 0 Å². The zero-order valence-corrected chi connectivity index (χ0v) is 8.81. The Hall–Kier alpha value is -0.800. The van der Waals surface area contributed by atoms with Crippen LogP contribution >= 0.6 is 23.8 Å². The van der Waals surface area contributed by atoms with Gasteiger partial charge in [-0.1, -0.05) is 18.2 Å². The summed E-state index contributed by atoms with van der Waals surface area (Å²) >= 11 is 10.5. The summed E-state index contributed by atoms with van der Waals surface area (Å²) in [7, 11) is 1.78. The van der Waals surface area contributed by atoms with E-state index in [2.05, 4.69) is 0 Å². The fraction of sp³-hybridized carbons (Fsp3) is 0.222. The topological polar surface area (TPSA) is 12.5 Å². The average Bonchev–Trinajstić information content (AvgIpc) is 2.18. The minimum Gasteiger partial charge on any atom is -0.432 e. The van der Waals surface area contributed by atoms with Gasteiger partial charge in [0.1, 0.15) is 5.75 Å². The molecule has 1 aromatic carbocycles. The molecule has 2 nitrogen and oxygen atoms in total. The number of ether oxygens (including phenoxy) is 1. The molecule has 0 atom stereocenters. The largest absolute Gasteiger partial charge is 0.432 e. The zero-order valence-electron chi connectivity index (χ0n) is 7.24. The maximum atomic E-state index is 5.57. The van der Waals surface area contributed by atoms with Gasteiger partial charge in [0.2, 0.25) is 0 Å². The molecular weight excluding hydrogens is 206 g/mol. The van der Waals surface area contributed by atoms with Gasteiger partial charge in [-0.3, -0.25) is 0 Å². The molecule has 70 valence electrons. The van der Waals surface area contributed by atoms with Crippen molar-refractivity contribution in [2.45, 2.75) is 0 Å². The first-order valence-electron chi connectivity index (χ1n) is 3.78. The van der Waals surface area contributed by atoms with Crippen LogP contribution < -0.4 is 4.74 Å². The first-order valence-corrected chi connectivity index (χ1v) is 4.72. The van der Waals surface area contributed by atoms with Crippen LogP contribution in [0.4, 0.5) is 0 Å². The second-order valence-electron chi connectivity index (χ2n) is 2.50. The molecule has 0 radical (unpaired) electrons. The lowest BCUT2D eigenvalue weighted by Crippen LogP contribution is -2.28. The maximum Gasteiger partial charge on any atom is 0.265 e. The zero-order chi connectivity index (χ0) is 9.68. The van der Waals surface area contributed by atoms with Crippen LogP contribution in [0.5, 0.6) is 5.75 Å². The van der Waals surface area contributed by atoms with Crippen LogP contribution in [0.2, 0.25) is 0 Å². The Bertz CT molecular complexity index is 278. The first kappa shape index (κ1) is 10.3. The molecule has 0 aliphatic carbocycles. The highest BCUT2D eigenvalue weighted by Gasteiger charge is 2.03. The minimum atomic E-state index is 0.325. The third-order valence-electron chi connectivity index (χ3n) is 1.44. The summed E-state index contributed by atoms with van der Waals surface area (Å²) in [6, 6.07) is 9.70. The van der Waals surface area contributed by atoms with E-state index >= 15 is 0 Å². The van der Waals surface area contributed by atoms with E-state index in [9.17, 15) is 0 Å². The predicted octanol–water partition coefficient (Wildman–Crippen LogP) is 2.48.